The van der Waals surface area contributed by atoms with Crippen LogP contribution in [0.1, 0.15) is 97.0 Å². The number of nitrogens with one attached hydrogen (secondary N) is 1. The summed E-state index contributed by atoms with van der Waals surface area (Å²) in [5.74, 6) is -0.0141. The monoisotopic (exact) mass is 361 g/mol. The van der Waals surface area contributed by atoms with Crippen molar-refractivity contribution < 1.29 is 9.63 Å². The summed E-state index contributed by atoms with van der Waals surface area (Å²) in [5.41, 5.74) is 4.08. The van der Waals surface area contributed by atoms with E-state index in [0.29, 0.717) is 18.4 Å². The highest BCUT2D eigenvalue weighted by Crippen LogP contribution is 2.22. The molecule has 0 spiro atoms. The number of amides is 1. The van der Waals surface area contributed by atoms with Crippen LogP contribution in [-0.2, 0) is 16.2 Å². The van der Waals surface area contributed by atoms with Crippen LogP contribution < -0.4 is 5.48 Å². The molecule has 26 heavy (non-hydrogen) atoms. The van der Waals surface area contributed by atoms with E-state index in [1.807, 2.05) is 30.3 Å². The van der Waals surface area contributed by atoms with Crippen molar-refractivity contribution in [2.75, 3.05) is 0 Å². The van der Waals surface area contributed by atoms with Crippen molar-refractivity contribution in [1.29, 1.82) is 0 Å². The molecule has 0 radical (unpaired) electrons. The van der Waals surface area contributed by atoms with Gasteiger partial charge in [0.05, 0.1) is 6.61 Å². The molecule has 148 valence electrons. The summed E-state index contributed by atoms with van der Waals surface area (Å²) in [4.78, 5) is 16.9. The molecule has 1 rings (SSSR count). The van der Waals surface area contributed by atoms with Crippen molar-refractivity contribution in [2.45, 2.75) is 98.0 Å². The maximum Gasteiger partial charge on any atom is 0.243 e. The number of benzene rings is 1. The standard InChI is InChI=1S/C23H39NO2/c1-23(2,3)19-15-10-8-6-4-5-7-9-14-18-22(25)24-26-20-21-16-12-11-13-17-21/h11-13,16-17H,4-10,14-15,18-20H2,1-3H3,(H,24,25). The van der Waals surface area contributed by atoms with Gasteiger partial charge in [-0.1, -0.05) is 102 Å². The third kappa shape index (κ3) is 13.9. The second-order valence-electron chi connectivity index (χ2n) is 8.54. The number of rotatable bonds is 14. The smallest absolute Gasteiger partial charge is 0.243 e. The highest BCUT2D eigenvalue weighted by molar-refractivity contribution is 5.74. The molecule has 0 aliphatic carbocycles. The number of hydrogen-bond acceptors (Lipinski definition) is 2. The van der Waals surface area contributed by atoms with Crippen LogP contribution in [0.2, 0.25) is 0 Å². The lowest BCUT2D eigenvalue weighted by Gasteiger charge is -2.17. The van der Waals surface area contributed by atoms with Gasteiger partial charge in [0.2, 0.25) is 5.91 Å². The molecule has 3 heteroatoms. The summed E-state index contributed by atoms with van der Waals surface area (Å²) in [6.07, 6.45) is 13.3. The van der Waals surface area contributed by atoms with E-state index in [1.165, 1.54) is 51.4 Å². The third-order valence-electron chi connectivity index (χ3n) is 4.60. The van der Waals surface area contributed by atoms with Crippen LogP contribution in [0.25, 0.3) is 0 Å². The zero-order valence-electron chi connectivity index (χ0n) is 17.2. The minimum atomic E-state index is -0.0141. The van der Waals surface area contributed by atoms with E-state index in [2.05, 4.69) is 26.3 Å². The molecular weight excluding hydrogens is 322 g/mol. The van der Waals surface area contributed by atoms with Crippen LogP contribution in [0.3, 0.4) is 0 Å². The molecule has 0 heterocycles. The fraction of sp³-hybridized carbons (Fsp3) is 0.696. The number of hydrogen-bond donors (Lipinski definition) is 1. The summed E-state index contributed by atoms with van der Waals surface area (Å²) in [5, 5.41) is 0. The zero-order chi connectivity index (χ0) is 19.1. The highest BCUT2D eigenvalue weighted by atomic mass is 16.6. The van der Waals surface area contributed by atoms with Crippen LogP contribution in [-0.4, -0.2) is 5.91 Å². The molecule has 0 bridgehead atoms. The fourth-order valence-corrected chi connectivity index (χ4v) is 3.00. The quantitative estimate of drug-likeness (QED) is 0.300. The normalized spacial score (nSPS) is 11.5. The lowest BCUT2D eigenvalue weighted by Crippen LogP contribution is -2.23. The van der Waals surface area contributed by atoms with Gasteiger partial charge in [0.1, 0.15) is 0 Å². The second kappa shape index (κ2) is 13.8. The van der Waals surface area contributed by atoms with E-state index < -0.39 is 0 Å². The minimum Gasteiger partial charge on any atom is -0.273 e. The van der Waals surface area contributed by atoms with Gasteiger partial charge in [-0.25, -0.2) is 5.48 Å². The van der Waals surface area contributed by atoms with E-state index in [-0.39, 0.29) is 5.91 Å². The van der Waals surface area contributed by atoms with Crippen LogP contribution in [0.4, 0.5) is 0 Å². The Kier molecular flexibility index (Phi) is 12.0. The molecule has 0 aliphatic heterocycles. The van der Waals surface area contributed by atoms with Crippen LogP contribution in [0.15, 0.2) is 30.3 Å². The average Bonchev–Trinajstić information content (AvgIpc) is 2.59. The van der Waals surface area contributed by atoms with E-state index in [9.17, 15) is 4.79 Å². The number of hydroxylamine groups is 1. The van der Waals surface area contributed by atoms with Gasteiger partial charge >= 0.3 is 0 Å². The number of carbonyl (C=O) groups is 1. The van der Waals surface area contributed by atoms with Crippen LogP contribution >= 0.6 is 0 Å². The Morgan fingerprint density at radius 1 is 0.846 bits per heavy atom. The molecule has 0 saturated heterocycles. The van der Waals surface area contributed by atoms with Crippen LogP contribution in [0, 0.1) is 5.41 Å². The van der Waals surface area contributed by atoms with E-state index in [1.54, 1.807) is 0 Å². The Bertz CT molecular complexity index is 465. The first kappa shape index (κ1) is 22.7. The van der Waals surface area contributed by atoms with Gasteiger partial charge < -0.3 is 0 Å². The molecule has 0 fully saturated rings. The van der Waals surface area contributed by atoms with Crippen molar-refractivity contribution >= 4 is 5.91 Å². The molecule has 0 saturated carbocycles. The summed E-state index contributed by atoms with van der Waals surface area (Å²) >= 11 is 0. The molecular formula is C23H39NO2. The Morgan fingerprint density at radius 3 is 1.96 bits per heavy atom. The molecule has 1 aromatic carbocycles. The van der Waals surface area contributed by atoms with Crippen molar-refractivity contribution in [1.82, 2.24) is 5.48 Å². The van der Waals surface area contributed by atoms with Gasteiger partial charge in [0.25, 0.3) is 0 Å². The first-order valence-corrected chi connectivity index (χ1v) is 10.4. The first-order chi connectivity index (χ1) is 12.5. The predicted octanol–water partition coefficient (Wildman–Crippen LogP) is 6.57. The largest absolute Gasteiger partial charge is 0.273 e. The van der Waals surface area contributed by atoms with Gasteiger partial charge in [-0.3, -0.25) is 9.63 Å². The number of carbonyl (C=O) groups excluding carboxylic acids is 1. The molecule has 1 amide bonds. The van der Waals surface area contributed by atoms with E-state index in [4.69, 9.17) is 4.84 Å². The van der Waals surface area contributed by atoms with E-state index >= 15 is 0 Å². The maximum absolute atomic E-state index is 11.7. The first-order valence-electron chi connectivity index (χ1n) is 10.4. The summed E-state index contributed by atoms with van der Waals surface area (Å²) < 4.78 is 0. The summed E-state index contributed by atoms with van der Waals surface area (Å²) in [6.45, 7) is 7.39. The molecule has 0 aliphatic rings. The molecule has 1 aromatic rings. The Labute approximate surface area is 160 Å². The van der Waals surface area contributed by atoms with Gasteiger partial charge in [-0.05, 0) is 23.8 Å². The predicted molar refractivity (Wildman–Crippen MR) is 110 cm³/mol. The highest BCUT2D eigenvalue weighted by Gasteiger charge is 2.08. The molecule has 1 N–H and O–H groups in total. The molecule has 3 nitrogen and oxygen atoms in total. The summed E-state index contributed by atoms with van der Waals surface area (Å²) in [6, 6.07) is 9.86. The molecule has 0 unspecified atom stereocenters. The van der Waals surface area contributed by atoms with Gasteiger partial charge in [0.15, 0.2) is 0 Å². The fourth-order valence-electron chi connectivity index (χ4n) is 3.00. The molecule has 0 atom stereocenters. The van der Waals surface area contributed by atoms with Gasteiger partial charge in [0, 0.05) is 6.42 Å². The third-order valence-corrected chi connectivity index (χ3v) is 4.60. The van der Waals surface area contributed by atoms with Crippen molar-refractivity contribution in [3.63, 3.8) is 0 Å². The Morgan fingerprint density at radius 2 is 1.38 bits per heavy atom. The second-order valence-corrected chi connectivity index (χ2v) is 8.54. The number of unbranched alkanes of at least 4 members (excludes halogenated alkanes) is 8. The topological polar surface area (TPSA) is 38.3 Å². The molecule has 0 aromatic heterocycles. The van der Waals surface area contributed by atoms with Crippen molar-refractivity contribution in [3.8, 4) is 0 Å². The Hall–Kier alpha value is -1.35. The van der Waals surface area contributed by atoms with Gasteiger partial charge in [-0.15, -0.1) is 0 Å². The van der Waals surface area contributed by atoms with Crippen molar-refractivity contribution in [3.05, 3.63) is 35.9 Å². The van der Waals surface area contributed by atoms with Crippen molar-refractivity contribution in [2.24, 2.45) is 5.41 Å². The van der Waals surface area contributed by atoms with E-state index in [0.717, 1.165) is 18.4 Å². The zero-order valence-corrected chi connectivity index (χ0v) is 17.2. The maximum atomic E-state index is 11.7. The van der Waals surface area contributed by atoms with Gasteiger partial charge in [-0.2, -0.15) is 0 Å². The van der Waals surface area contributed by atoms with Crippen LogP contribution in [0.5, 0.6) is 0 Å². The lowest BCUT2D eigenvalue weighted by molar-refractivity contribution is -0.134. The average molecular weight is 362 g/mol. The Balaban J connectivity index is 1.83. The summed E-state index contributed by atoms with van der Waals surface area (Å²) in [7, 11) is 0. The minimum absolute atomic E-state index is 0.0141. The lowest BCUT2D eigenvalue weighted by atomic mass is 9.89. The SMILES string of the molecule is CC(C)(C)CCCCCCCCCCCC(=O)NOCc1ccccc1.